The Morgan fingerprint density at radius 1 is 1.03 bits per heavy atom. The number of fused-ring (bicyclic) bond motifs is 3. The Hall–Kier alpha value is -3.12. The van der Waals surface area contributed by atoms with Crippen LogP contribution in [0.25, 0.3) is 16.5 Å². The van der Waals surface area contributed by atoms with Gasteiger partial charge in [-0.1, -0.05) is 85.8 Å². The average molecular weight is 415 g/mol. The highest BCUT2D eigenvalue weighted by atomic mass is 32.2. The fraction of sp³-hybridized carbons (Fsp3) is 0.208. The molecule has 0 saturated heterocycles. The molecule has 2 heterocycles. The zero-order chi connectivity index (χ0) is 20.5. The highest BCUT2D eigenvalue weighted by Crippen LogP contribution is 2.34. The van der Waals surface area contributed by atoms with Crippen molar-refractivity contribution in [2.24, 2.45) is 10.1 Å². The summed E-state index contributed by atoms with van der Waals surface area (Å²) < 4.78 is 0. The maximum atomic E-state index is 13.1. The van der Waals surface area contributed by atoms with Gasteiger partial charge in [0.05, 0.1) is 5.36 Å². The first kappa shape index (κ1) is 18.9. The molecule has 0 radical (unpaired) electrons. The van der Waals surface area contributed by atoms with E-state index in [1.54, 1.807) is 16.8 Å². The van der Waals surface area contributed by atoms with E-state index < -0.39 is 6.17 Å². The van der Waals surface area contributed by atoms with Crippen molar-refractivity contribution >= 4 is 39.3 Å². The molecule has 5 nitrogen and oxygen atoms in total. The number of carbonyl (C=O) groups is 1. The number of nitrogens with one attached hydrogen (secondary N) is 1. The van der Waals surface area contributed by atoms with Gasteiger partial charge in [0.15, 0.2) is 11.3 Å². The molecule has 0 aromatic heterocycles. The molecule has 3 aromatic rings. The molecular weight excluding hydrogens is 392 g/mol. The molecule has 0 bridgehead atoms. The summed E-state index contributed by atoms with van der Waals surface area (Å²) in [6, 6.07) is 22.3. The van der Waals surface area contributed by atoms with Gasteiger partial charge in [-0.25, -0.2) is 5.01 Å². The van der Waals surface area contributed by atoms with E-state index in [9.17, 15) is 4.79 Å². The van der Waals surface area contributed by atoms with Gasteiger partial charge in [0.25, 0.3) is 5.91 Å². The number of unbranched alkanes of at least 4 members (excludes halogenated alkanes) is 1. The van der Waals surface area contributed by atoms with Crippen LogP contribution in [0, 0.1) is 0 Å². The van der Waals surface area contributed by atoms with Crippen LogP contribution in [0.2, 0.25) is 0 Å². The van der Waals surface area contributed by atoms with E-state index in [0.717, 1.165) is 45.5 Å². The van der Waals surface area contributed by atoms with Crippen LogP contribution in [-0.2, 0) is 4.79 Å². The van der Waals surface area contributed by atoms with Gasteiger partial charge in [-0.15, -0.1) is 5.10 Å². The summed E-state index contributed by atoms with van der Waals surface area (Å²) in [6.45, 7) is 2.16. The molecule has 3 aromatic carbocycles. The standard InChI is InChI=1S/C24H22N4OS/c1-2-3-15-30-24-26-23(29)21-19-12-6-7-14-20(19)25-22(28(21)27-24)18-13-8-10-16-9-4-5-11-17(16)18/h4-14,22H,2-3,15H2,1H3,(H,26,27,29). The third-order valence-electron chi connectivity index (χ3n) is 5.35. The lowest BCUT2D eigenvalue weighted by Gasteiger charge is -2.34. The number of rotatable bonds is 4. The molecule has 1 amide bonds. The van der Waals surface area contributed by atoms with Crippen molar-refractivity contribution in [2.75, 3.05) is 5.75 Å². The molecule has 0 spiro atoms. The zero-order valence-corrected chi connectivity index (χ0v) is 17.5. The van der Waals surface area contributed by atoms with E-state index in [1.165, 1.54) is 0 Å². The van der Waals surface area contributed by atoms with Crippen molar-refractivity contribution in [1.29, 1.82) is 0 Å². The molecule has 1 N–H and O–H groups in total. The number of hydrazone groups is 1. The molecule has 2 aliphatic heterocycles. The van der Waals surface area contributed by atoms with Crippen molar-refractivity contribution < 1.29 is 4.79 Å². The largest absolute Gasteiger partial charge is 0.298 e. The second-order valence-corrected chi connectivity index (χ2v) is 8.43. The number of thioether (sulfide) groups is 1. The first-order chi connectivity index (χ1) is 14.8. The minimum Gasteiger partial charge on any atom is -0.298 e. The Bertz CT molecular complexity index is 1280. The highest BCUT2D eigenvalue weighted by molar-refractivity contribution is 8.13. The maximum Gasteiger partial charge on any atom is 0.276 e. The lowest BCUT2D eigenvalue weighted by atomic mass is 10.0. The number of para-hydroxylation sites is 1. The van der Waals surface area contributed by atoms with Crippen LogP contribution in [0.15, 0.2) is 76.8 Å². The monoisotopic (exact) mass is 414 g/mol. The summed E-state index contributed by atoms with van der Waals surface area (Å²) in [6.07, 6.45) is 1.79. The highest BCUT2D eigenvalue weighted by Gasteiger charge is 2.34. The first-order valence-corrected chi connectivity index (χ1v) is 11.2. The molecule has 1 unspecified atom stereocenters. The van der Waals surface area contributed by atoms with Gasteiger partial charge in [0, 0.05) is 16.5 Å². The number of amides is 1. The Balaban J connectivity index is 1.70. The van der Waals surface area contributed by atoms with Gasteiger partial charge in [-0.2, -0.15) is 0 Å². The molecule has 0 fully saturated rings. The van der Waals surface area contributed by atoms with Gasteiger partial charge < -0.3 is 0 Å². The summed E-state index contributed by atoms with van der Waals surface area (Å²) in [5.74, 6) is 0.794. The summed E-state index contributed by atoms with van der Waals surface area (Å²) in [5, 5.41) is 14.1. The Morgan fingerprint density at radius 2 is 1.83 bits per heavy atom. The molecule has 6 heteroatoms. The predicted octanol–water partition coefficient (Wildman–Crippen LogP) is 3.52. The van der Waals surface area contributed by atoms with Crippen molar-refractivity contribution in [3.05, 3.63) is 82.9 Å². The molecular formula is C24H22N4OS. The van der Waals surface area contributed by atoms with Crippen molar-refractivity contribution in [1.82, 2.24) is 10.3 Å². The number of benzene rings is 3. The summed E-state index contributed by atoms with van der Waals surface area (Å²) in [5.41, 5.74) is 1.59. The van der Waals surface area contributed by atoms with Gasteiger partial charge in [-0.3, -0.25) is 15.1 Å². The van der Waals surface area contributed by atoms with E-state index in [1.807, 2.05) is 42.5 Å². The zero-order valence-electron chi connectivity index (χ0n) is 16.7. The first-order valence-electron chi connectivity index (χ1n) is 10.2. The number of amidine groups is 1. The molecule has 0 aliphatic carbocycles. The maximum absolute atomic E-state index is 13.1. The van der Waals surface area contributed by atoms with Crippen molar-refractivity contribution in [3.63, 3.8) is 0 Å². The lowest BCUT2D eigenvalue weighted by molar-refractivity contribution is -0.116. The van der Waals surface area contributed by atoms with Gasteiger partial charge in [-0.05, 0) is 23.3 Å². The van der Waals surface area contributed by atoms with Gasteiger partial charge in [0.1, 0.15) is 5.70 Å². The third kappa shape index (κ3) is 3.27. The minimum atomic E-state index is -0.395. The van der Waals surface area contributed by atoms with E-state index in [4.69, 9.17) is 10.1 Å². The number of nitrogens with zero attached hydrogens (tertiary/aromatic N) is 3. The summed E-state index contributed by atoms with van der Waals surface area (Å²) in [7, 11) is 0. The number of hydrogen-bond donors (Lipinski definition) is 1. The summed E-state index contributed by atoms with van der Waals surface area (Å²) >= 11 is 1.58. The second-order valence-electron chi connectivity index (χ2n) is 7.34. The van der Waals surface area contributed by atoms with E-state index >= 15 is 0 Å². The van der Waals surface area contributed by atoms with E-state index in [0.29, 0.717) is 10.9 Å². The van der Waals surface area contributed by atoms with Crippen LogP contribution < -0.4 is 15.9 Å². The number of carbonyl (C=O) groups excluding carboxylic acids is 1. The lowest BCUT2D eigenvalue weighted by Crippen LogP contribution is -2.50. The normalized spacial score (nSPS) is 17.7. The summed E-state index contributed by atoms with van der Waals surface area (Å²) in [4.78, 5) is 18.2. The van der Waals surface area contributed by atoms with Crippen molar-refractivity contribution in [2.45, 2.75) is 25.9 Å². The molecule has 1 atom stereocenters. The van der Waals surface area contributed by atoms with Gasteiger partial charge in [0.2, 0.25) is 0 Å². The molecule has 30 heavy (non-hydrogen) atoms. The second kappa shape index (κ2) is 7.95. The van der Waals surface area contributed by atoms with E-state index in [-0.39, 0.29) is 5.91 Å². The Kier molecular flexibility index (Phi) is 5.01. The fourth-order valence-electron chi connectivity index (χ4n) is 3.88. The topological polar surface area (TPSA) is 57.1 Å². The van der Waals surface area contributed by atoms with Crippen LogP contribution in [0.5, 0.6) is 0 Å². The molecule has 2 aliphatic rings. The van der Waals surface area contributed by atoms with Crippen LogP contribution in [0.3, 0.4) is 0 Å². The minimum absolute atomic E-state index is 0.128. The predicted molar refractivity (Wildman–Crippen MR) is 122 cm³/mol. The SMILES string of the molecule is CCCCSC1=NN2C(=c3ccccc3=NC2c2cccc3ccccc23)C(=O)N1. The molecule has 5 rings (SSSR count). The van der Waals surface area contributed by atoms with Crippen LogP contribution in [0.4, 0.5) is 0 Å². The molecule has 0 saturated carbocycles. The molecule has 150 valence electrons. The van der Waals surface area contributed by atoms with Crippen molar-refractivity contribution in [3.8, 4) is 0 Å². The quantitative estimate of drug-likeness (QED) is 0.665. The Morgan fingerprint density at radius 3 is 2.73 bits per heavy atom. The smallest absolute Gasteiger partial charge is 0.276 e. The van der Waals surface area contributed by atoms with Crippen LogP contribution in [-0.4, -0.2) is 21.8 Å². The van der Waals surface area contributed by atoms with E-state index in [2.05, 4.69) is 36.5 Å². The van der Waals surface area contributed by atoms with Crippen LogP contribution in [0.1, 0.15) is 31.5 Å². The fourth-order valence-corrected chi connectivity index (χ4v) is 4.82. The van der Waals surface area contributed by atoms with Crippen LogP contribution >= 0.6 is 11.8 Å². The number of hydrogen-bond acceptors (Lipinski definition) is 5. The van der Waals surface area contributed by atoms with Gasteiger partial charge >= 0.3 is 0 Å². The Labute approximate surface area is 179 Å². The third-order valence-corrected chi connectivity index (χ3v) is 6.30. The average Bonchev–Trinajstić information content (AvgIpc) is 2.78.